The number of thioether (sulfide) groups is 1. The Labute approximate surface area is 105 Å². The quantitative estimate of drug-likeness (QED) is 0.824. The molecule has 5 heteroatoms. The zero-order valence-corrected chi connectivity index (χ0v) is 11.0. The first-order chi connectivity index (χ1) is 8.01. The van der Waals surface area contributed by atoms with Gasteiger partial charge in [0.15, 0.2) is 0 Å². The van der Waals surface area contributed by atoms with Crippen molar-refractivity contribution >= 4 is 17.7 Å². The fourth-order valence-corrected chi connectivity index (χ4v) is 2.39. The molecule has 1 heterocycles. The van der Waals surface area contributed by atoms with E-state index >= 15 is 0 Å². The Hall–Kier alpha value is -1.54. The molecule has 90 valence electrons. The van der Waals surface area contributed by atoms with E-state index < -0.39 is 0 Å². The van der Waals surface area contributed by atoms with Gasteiger partial charge in [0.2, 0.25) is 5.91 Å². The van der Waals surface area contributed by atoms with Gasteiger partial charge in [-0.25, -0.2) is 4.98 Å². The molecule has 0 unspecified atom stereocenters. The van der Waals surface area contributed by atoms with E-state index in [1.165, 1.54) is 11.8 Å². The maximum absolute atomic E-state index is 10.8. The molecule has 0 aromatic carbocycles. The normalized spacial score (nSPS) is 10.0. The Balaban J connectivity index is 3.23. The van der Waals surface area contributed by atoms with Crippen LogP contribution in [0.1, 0.15) is 28.8 Å². The average molecular weight is 249 g/mol. The first-order valence-electron chi connectivity index (χ1n) is 5.23. The molecule has 0 atom stereocenters. The number of rotatable bonds is 4. The van der Waals surface area contributed by atoms with Gasteiger partial charge in [-0.1, -0.05) is 0 Å². The molecule has 0 aliphatic carbocycles. The number of pyridine rings is 1. The summed E-state index contributed by atoms with van der Waals surface area (Å²) >= 11 is 1.46. The van der Waals surface area contributed by atoms with Crippen molar-refractivity contribution in [3.05, 3.63) is 22.4 Å². The van der Waals surface area contributed by atoms with Crippen molar-refractivity contribution in [1.29, 1.82) is 5.26 Å². The highest BCUT2D eigenvalue weighted by molar-refractivity contribution is 7.98. The number of carbonyl (C=O) groups excluding carboxylic acids is 1. The summed E-state index contributed by atoms with van der Waals surface area (Å²) in [5.74, 6) is -0.337. The van der Waals surface area contributed by atoms with E-state index in [0.29, 0.717) is 12.0 Å². The first-order valence-corrected chi connectivity index (χ1v) is 6.46. The van der Waals surface area contributed by atoms with Gasteiger partial charge in [-0.3, -0.25) is 4.79 Å². The van der Waals surface area contributed by atoms with Crippen LogP contribution in [0.25, 0.3) is 0 Å². The molecule has 1 aromatic heterocycles. The highest BCUT2D eigenvalue weighted by atomic mass is 32.2. The maximum Gasteiger partial charge on any atom is 0.217 e. The summed E-state index contributed by atoms with van der Waals surface area (Å²) in [6, 6.07) is 2.17. The fourth-order valence-electron chi connectivity index (χ4n) is 1.75. The van der Waals surface area contributed by atoms with Crippen LogP contribution >= 0.6 is 11.8 Å². The molecule has 0 radical (unpaired) electrons. The molecule has 0 fully saturated rings. The van der Waals surface area contributed by atoms with Gasteiger partial charge in [-0.05, 0) is 37.7 Å². The molecule has 1 amide bonds. The van der Waals surface area contributed by atoms with Gasteiger partial charge >= 0.3 is 0 Å². The SMILES string of the molecule is CSc1nc(C)c(CCC(N)=O)c(C)c1C#N. The number of aryl methyl sites for hydroxylation is 1. The Morgan fingerprint density at radius 3 is 2.65 bits per heavy atom. The molecule has 1 rings (SSSR count). The molecule has 0 aliphatic rings. The standard InChI is InChI=1S/C12H15N3OS/c1-7-9(4-5-11(14)16)8(2)15-12(17-3)10(7)6-13/h4-5H2,1-3H3,(H2,14,16). The van der Waals surface area contributed by atoms with Crippen LogP contribution < -0.4 is 5.73 Å². The highest BCUT2D eigenvalue weighted by Gasteiger charge is 2.14. The largest absolute Gasteiger partial charge is 0.370 e. The van der Waals surface area contributed by atoms with Crippen molar-refractivity contribution in [2.45, 2.75) is 31.7 Å². The molecule has 4 nitrogen and oxygen atoms in total. The third-order valence-corrected chi connectivity index (χ3v) is 3.36. The van der Waals surface area contributed by atoms with Crippen LogP contribution in [0.5, 0.6) is 0 Å². The number of aromatic nitrogens is 1. The van der Waals surface area contributed by atoms with Gasteiger partial charge in [-0.15, -0.1) is 11.8 Å². The third kappa shape index (κ3) is 2.98. The number of primary amides is 1. The van der Waals surface area contributed by atoms with Crippen LogP contribution in [0.15, 0.2) is 5.03 Å². The Kier molecular flexibility index (Phi) is 4.53. The zero-order chi connectivity index (χ0) is 13.0. The van der Waals surface area contributed by atoms with Crippen molar-refractivity contribution in [3.63, 3.8) is 0 Å². The number of amides is 1. The van der Waals surface area contributed by atoms with Gasteiger partial charge in [0.25, 0.3) is 0 Å². The highest BCUT2D eigenvalue weighted by Crippen LogP contribution is 2.25. The Morgan fingerprint density at radius 1 is 1.53 bits per heavy atom. The van der Waals surface area contributed by atoms with E-state index in [1.807, 2.05) is 20.1 Å². The van der Waals surface area contributed by atoms with Crippen molar-refractivity contribution in [2.75, 3.05) is 6.26 Å². The maximum atomic E-state index is 10.8. The van der Waals surface area contributed by atoms with Gasteiger partial charge in [0.1, 0.15) is 11.1 Å². The molecule has 0 aliphatic heterocycles. The minimum absolute atomic E-state index is 0.285. The summed E-state index contributed by atoms with van der Waals surface area (Å²) < 4.78 is 0. The van der Waals surface area contributed by atoms with Crippen molar-refractivity contribution < 1.29 is 4.79 Å². The number of hydrogen-bond donors (Lipinski definition) is 1. The summed E-state index contributed by atoms with van der Waals surface area (Å²) in [5, 5.41) is 9.87. The minimum Gasteiger partial charge on any atom is -0.370 e. The minimum atomic E-state index is -0.337. The molecule has 2 N–H and O–H groups in total. The van der Waals surface area contributed by atoms with Crippen LogP contribution in [0.3, 0.4) is 0 Å². The van der Waals surface area contributed by atoms with E-state index in [2.05, 4.69) is 11.1 Å². The molecular formula is C12H15N3OS. The molecular weight excluding hydrogens is 234 g/mol. The van der Waals surface area contributed by atoms with Crippen LogP contribution in [0, 0.1) is 25.2 Å². The summed E-state index contributed by atoms with van der Waals surface area (Å²) in [6.07, 6.45) is 2.72. The zero-order valence-electron chi connectivity index (χ0n) is 10.2. The van der Waals surface area contributed by atoms with Crippen LogP contribution in [0.2, 0.25) is 0 Å². The predicted octanol–water partition coefficient (Wildman–Crippen LogP) is 1.71. The van der Waals surface area contributed by atoms with Gasteiger partial charge in [0.05, 0.1) is 5.56 Å². The summed E-state index contributed by atoms with van der Waals surface area (Å²) in [7, 11) is 0. The lowest BCUT2D eigenvalue weighted by Crippen LogP contribution is -2.13. The van der Waals surface area contributed by atoms with E-state index in [1.54, 1.807) is 0 Å². The lowest BCUT2D eigenvalue weighted by Gasteiger charge is -2.12. The number of hydrogen-bond acceptors (Lipinski definition) is 4. The van der Waals surface area contributed by atoms with E-state index in [4.69, 9.17) is 11.0 Å². The molecule has 0 spiro atoms. The molecule has 17 heavy (non-hydrogen) atoms. The second-order valence-electron chi connectivity index (χ2n) is 3.76. The average Bonchev–Trinajstić information content (AvgIpc) is 2.27. The third-order valence-electron chi connectivity index (χ3n) is 2.67. The number of nitrogens with zero attached hydrogens (tertiary/aromatic N) is 2. The fraction of sp³-hybridized carbons (Fsp3) is 0.417. The smallest absolute Gasteiger partial charge is 0.217 e. The lowest BCUT2D eigenvalue weighted by molar-refractivity contribution is -0.117. The summed E-state index contributed by atoms with van der Waals surface area (Å²) in [5.41, 5.74) is 8.47. The number of carbonyl (C=O) groups is 1. The Bertz CT molecular complexity index is 492. The van der Waals surface area contributed by atoms with Crippen LogP contribution in [-0.2, 0) is 11.2 Å². The predicted molar refractivity (Wildman–Crippen MR) is 67.7 cm³/mol. The van der Waals surface area contributed by atoms with Gasteiger partial charge in [-0.2, -0.15) is 5.26 Å². The molecule has 0 bridgehead atoms. The second-order valence-corrected chi connectivity index (χ2v) is 4.56. The van der Waals surface area contributed by atoms with Gasteiger partial charge < -0.3 is 5.73 Å². The summed E-state index contributed by atoms with van der Waals surface area (Å²) in [4.78, 5) is 15.2. The van der Waals surface area contributed by atoms with Crippen LogP contribution in [-0.4, -0.2) is 17.1 Å². The molecule has 0 saturated carbocycles. The van der Waals surface area contributed by atoms with E-state index in [-0.39, 0.29) is 12.3 Å². The van der Waals surface area contributed by atoms with Gasteiger partial charge in [0, 0.05) is 12.1 Å². The van der Waals surface area contributed by atoms with E-state index in [0.717, 1.165) is 21.8 Å². The summed E-state index contributed by atoms with van der Waals surface area (Å²) in [6.45, 7) is 3.79. The van der Waals surface area contributed by atoms with E-state index in [9.17, 15) is 4.79 Å². The van der Waals surface area contributed by atoms with Crippen molar-refractivity contribution in [1.82, 2.24) is 4.98 Å². The Morgan fingerprint density at radius 2 is 2.18 bits per heavy atom. The molecule has 0 saturated heterocycles. The lowest BCUT2D eigenvalue weighted by atomic mass is 9.99. The topological polar surface area (TPSA) is 79.8 Å². The second kappa shape index (κ2) is 5.69. The monoisotopic (exact) mass is 249 g/mol. The first kappa shape index (κ1) is 13.5. The van der Waals surface area contributed by atoms with Crippen molar-refractivity contribution in [2.24, 2.45) is 5.73 Å². The van der Waals surface area contributed by atoms with Crippen molar-refractivity contribution in [3.8, 4) is 6.07 Å². The molecule has 1 aromatic rings. The van der Waals surface area contributed by atoms with Crippen LogP contribution in [0.4, 0.5) is 0 Å². The number of nitrogens with two attached hydrogens (primary N) is 1. The number of nitriles is 1.